The van der Waals surface area contributed by atoms with Gasteiger partial charge in [0.15, 0.2) is 0 Å². The van der Waals surface area contributed by atoms with Crippen LogP contribution < -0.4 is 10.4 Å². The first-order valence-electron chi connectivity index (χ1n) is 16.8. The van der Waals surface area contributed by atoms with E-state index in [-0.39, 0.29) is 51.5 Å². The van der Waals surface area contributed by atoms with Gasteiger partial charge in [0.05, 0.1) is 8.07 Å². The van der Waals surface area contributed by atoms with Crippen molar-refractivity contribution in [3.05, 3.63) is 135 Å². The molecule has 0 saturated carbocycles. The molecule has 0 aliphatic carbocycles. The molecule has 0 aliphatic rings. The van der Waals surface area contributed by atoms with Crippen LogP contribution in [0.4, 0.5) is 0 Å². The van der Waals surface area contributed by atoms with Crippen LogP contribution in [0.2, 0.25) is 11.1 Å². The Labute approximate surface area is 312 Å². The zero-order valence-corrected chi connectivity index (χ0v) is 36.1. The van der Waals surface area contributed by atoms with Gasteiger partial charge in [-0.15, -0.1) is 68.3 Å². The molecule has 0 nitrogen and oxygen atoms in total. The first-order chi connectivity index (χ1) is 21.2. The third-order valence-electron chi connectivity index (χ3n) is 10.4. The molecule has 48 heavy (non-hydrogen) atoms. The van der Waals surface area contributed by atoms with E-state index in [2.05, 4.69) is 178 Å². The van der Waals surface area contributed by atoms with Gasteiger partial charge in [0.2, 0.25) is 0 Å². The number of rotatable bonds is 6. The molecular formula is C46H56HfSi. The van der Waals surface area contributed by atoms with E-state index in [9.17, 15) is 0 Å². The van der Waals surface area contributed by atoms with Crippen LogP contribution in [0.3, 0.4) is 0 Å². The Kier molecular flexibility index (Phi) is 12.0. The molecule has 0 N–H and O–H groups in total. The Morgan fingerprint density at radius 3 is 1.19 bits per heavy atom. The first-order valence-corrected chi connectivity index (χ1v) is 19.0. The Bertz CT molecular complexity index is 1840. The molecule has 0 atom stereocenters. The van der Waals surface area contributed by atoms with Crippen molar-refractivity contribution in [2.45, 2.75) is 91.1 Å². The van der Waals surface area contributed by atoms with E-state index >= 15 is 0 Å². The largest absolute Gasteiger partial charge is 4.00 e. The molecule has 0 unspecified atom stereocenters. The van der Waals surface area contributed by atoms with Gasteiger partial charge in [-0.2, -0.15) is 12.1 Å². The van der Waals surface area contributed by atoms with Gasteiger partial charge >= 0.3 is 25.8 Å². The van der Waals surface area contributed by atoms with Gasteiger partial charge in [0.25, 0.3) is 0 Å². The van der Waals surface area contributed by atoms with Gasteiger partial charge in [-0.25, -0.2) is 0 Å². The number of hydrogen-bond donors (Lipinski definition) is 0. The van der Waals surface area contributed by atoms with E-state index in [4.69, 9.17) is 0 Å². The van der Waals surface area contributed by atoms with Crippen LogP contribution in [0.5, 0.6) is 0 Å². The summed E-state index contributed by atoms with van der Waals surface area (Å²) in [6.07, 6.45) is 0. The van der Waals surface area contributed by atoms with Gasteiger partial charge < -0.3 is 14.9 Å². The summed E-state index contributed by atoms with van der Waals surface area (Å²) in [5.74, 6) is 0. The second-order valence-corrected chi connectivity index (χ2v) is 21.1. The maximum atomic E-state index is 2.58. The fraction of sp³-hybridized carbons (Fsp3) is 0.304. The van der Waals surface area contributed by atoms with Gasteiger partial charge in [0.1, 0.15) is 0 Å². The molecule has 0 radical (unpaired) electrons. The van der Waals surface area contributed by atoms with Crippen molar-refractivity contribution in [2.24, 2.45) is 0 Å². The van der Waals surface area contributed by atoms with Crippen molar-refractivity contribution in [2.75, 3.05) is 0 Å². The van der Waals surface area contributed by atoms with Crippen LogP contribution in [-0.4, -0.2) is 8.07 Å². The van der Waals surface area contributed by atoms with E-state index in [0.717, 1.165) is 0 Å². The molecule has 0 aromatic heterocycles. The molecule has 6 aromatic rings. The maximum Gasteiger partial charge on any atom is 4.00 e. The van der Waals surface area contributed by atoms with Crippen LogP contribution in [0, 0.1) is 14.9 Å². The molecule has 0 aliphatic heterocycles. The van der Waals surface area contributed by atoms with Gasteiger partial charge in [-0.1, -0.05) is 141 Å². The molecule has 0 saturated heterocycles. The summed E-state index contributed by atoms with van der Waals surface area (Å²) in [5.41, 5.74) is 9.39. The predicted molar refractivity (Wildman–Crippen MR) is 215 cm³/mol. The molecule has 6 rings (SSSR count). The topological polar surface area (TPSA) is 0 Å². The fourth-order valence-electron chi connectivity index (χ4n) is 7.92. The number of benzene rings is 4. The number of hydrogen-bond acceptors (Lipinski definition) is 0. The van der Waals surface area contributed by atoms with Crippen LogP contribution in [0.15, 0.2) is 109 Å². The second kappa shape index (κ2) is 14.6. The average molecular weight is 816 g/mol. The molecule has 0 fully saturated rings. The van der Waals surface area contributed by atoms with Crippen LogP contribution in [0.25, 0.3) is 43.8 Å². The van der Waals surface area contributed by atoms with E-state index in [1.165, 1.54) is 54.9 Å². The predicted octanol–water partition coefficient (Wildman–Crippen LogP) is 12.6. The molecule has 6 aromatic carbocycles. The average Bonchev–Trinajstić information content (AvgIpc) is 3.61. The van der Waals surface area contributed by atoms with Gasteiger partial charge in [0, 0.05) is 0 Å². The summed E-state index contributed by atoms with van der Waals surface area (Å²) in [6.45, 7) is 23.7. The van der Waals surface area contributed by atoms with E-state index in [1.807, 2.05) is 0 Å². The monoisotopic (exact) mass is 816 g/mol. The zero-order chi connectivity index (χ0) is 32.3. The van der Waals surface area contributed by atoms with Crippen molar-refractivity contribution in [3.8, 4) is 22.3 Å². The summed E-state index contributed by atoms with van der Waals surface area (Å²) >= 11 is 0. The summed E-state index contributed by atoms with van der Waals surface area (Å²) < 4.78 is 0. The Morgan fingerprint density at radius 2 is 0.854 bits per heavy atom. The minimum Gasteiger partial charge on any atom is -0.358 e. The molecule has 2 heteroatoms. The SMILES string of the molecule is CC(C)[Si](c1cc2c(-c3cccc(C(C)(C)C)c3)cccc2[cH-]1)(c1cc2c(-c3cccc(C(C)(C)C)c3)cccc2[cH-]1)C(C)C.[CH3-].[CH3-].[Hf+4]. The van der Waals surface area contributed by atoms with Crippen molar-refractivity contribution < 1.29 is 25.8 Å². The Hall–Kier alpha value is -2.81. The second-order valence-electron chi connectivity index (χ2n) is 15.9. The van der Waals surface area contributed by atoms with Crippen molar-refractivity contribution in [3.63, 3.8) is 0 Å². The summed E-state index contributed by atoms with van der Waals surface area (Å²) in [7, 11) is -2.20. The zero-order valence-electron chi connectivity index (χ0n) is 31.5. The fourth-order valence-corrected chi connectivity index (χ4v) is 13.8. The van der Waals surface area contributed by atoms with Crippen molar-refractivity contribution >= 4 is 40.0 Å². The number of fused-ring (bicyclic) bond motifs is 2. The third-order valence-corrected chi connectivity index (χ3v) is 16.5. The van der Waals surface area contributed by atoms with E-state index in [1.54, 1.807) is 10.4 Å². The minimum absolute atomic E-state index is 0. The molecule has 248 valence electrons. The van der Waals surface area contributed by atoms with Gasteiger partial charge in [-0.05, 0) is 44.2 Å². The minimum atomic E-state index is -2.20. The smallest absolute Gasteiger partial charge is 0.358 e. The molecule has 0 bridgehead atoms. The van der Waals surface area contributed by atoms with Crippen molar-refractivity contribution in [1.29, 1.82) is 0 Å². The first kappa shape index (κ1) is 39.6. The third kappa shape index (κ3) is 6.95. The van der Waals surface area contributed by atoms with E-state index in [0.29, 0.717) is 11.1 Å². The van der Waals surface area contributed by atoms with Crippen LogP contribution in [-0.2, 0) is 36.7 Å². The van der Waals surface area contributed by atoms with Crippen molar-refractivity contribution in [1.82, 2.24) is 0 Å². The molecular weight excluding hydrogens is 759 g/mol. The molecule has 0 spiro atoms. The van der Waals surface area contributed by atoms with Crippen LogP contribution in [0.1, 0.15) is 80.4 Å². The summed E-state index contributed by atoms with van der Waals surface area (Å²) in [5, 5.41) is 8.61. The standard InChI is InChI=1S/C44H50Si.2CH3.Hf/c1-29(2)45(30(3)4,37-25-33-17-13-21-39(41(33)27-37)31-15-11-19-35(23-31)43(5,6)7)38-26-34-18-14-22-40(42(34)28-38)32-16-12-20-36(24-32)44(8,9)10;;;/h11-30H,1-10H3;2*1H3;/q-2;2*-1;+4. The maximum absolute atomic E-state index is 2.58. The Balaban J connectivity index is 0.00000208. The summed E-state index contributed by atoms with van der Waals surface area (Å²) in [4.78, 5) is 0. The van der Waals surface area contributed by atoms with E-state index < -0.39 is 8.07 Å². The molecule has 0 amide bonds. The Morgan fingerprint density at radius 1 is 0.500 bits per heavy atom. The summed E-state index contributed by atoms with van der Waals surface area (Å²) in [6, 6.07) is 42.4. The normalized spacial score (nSPS) is 12.2. The molecule has 0 heterocycles. The van der Waals surface area contributed by atoms with Gasteiger partial charge in [-0.3, -0.25) is 0 Å². The van der Waals surface area contributed by atoms with Crippen LogP contribution >= 0.6 is 0 Å². The quantitative estimate of drug-likeness (QED) is 0.116.